The molecule has 18 heavy (non-hydrogen) atoms. The smallest absolute Gasteiger partial charge is 0.259 e. The average molecular weight is 322 g/mol. The summed E-state index contributed by atoms with van der Waals surface area (Å²) < 4.78 is 39.7. The Balaban J connectivity index is 2.24. The molecule has 98 valence electrons. The number of piperidine rings is 1. The van der Waals surface area contributed by atoms with Crippen LogP contribution in [0.4, 0.5) is 13.2 Å². The van der Waals surface area contributed by atoms with E-state index >= 15 is 0 Å². The maximum atomic E-state index is 13.5. The second-order valence-corrected chi connectivity index (χ2v) is 5.51. The van der Waals surface area contributed by atoms with Gasteiger partial charge in [-0.25, -0.2) is 13.2 Å². The zero-order chi connectivity index (χ0) is 13.3. The van der Waals surface area contributed by atoms with Gasteiger partial charge in [0.1, 0.15) is 23.0 Å². The molecule has 6 heteroatoms. The van der Waals surface area contributed by atoms with Crippen molar-refractivity contribution >= 4 is 21.8 Å². The molecule has 1 amide bonds. The van der Waals surface area contributed by atoms with E-state index in [2.05, 4.69) is 15.9 Å². The lowest BCUT2D eigenvalue weighted by atomic mass is 10.1. The maximum absolute atomic E-state index is 13.5. The molecule has 1 aromatic carbocycles. The zero-order valence-corrected chi connectivity index (χ0v) is 11.0. The van der Waals surface area contributed by atoms with Crippen LogP contribution in [0.3, 0.4) is 0 Å². The Morgan fingerprint density at radius 3 is 2.17 bits per heavy atom. The molecule has 0 aliphatic carbocycles. The molecule has 1 aliphatic heterocycles. The average Bonchev–Trinajstić information content (AvgIpc) is 2.28. The van der Waals surface area contributed by atoms with Gasteiger partial charge in [0.2, 0.25) is 0 Å². The van der Waals surface area contributed by atoms with Gasteiger partial charge in [-0.1, -0.05) is 15.9 Å². The number of alkyl halides is 1. The van der Waals surface area contributed by atoms with Crippen LogP contribution in [0.1, 0.15) is 23.2 Å². The summed E-state index contributed by atoms with van der Waals surface area (Å²) in [6.07, 6.45) is 1.46. The lowest BCUT2D eigenvalue weighted by Crippen LogP contribution is -2.39. The van der Waals surface area contributed by atoms with Gasteiger partial charge in [0, 0.05) is 30.0 Å². The topological polar surface area (TPSA) is 20.3 Å². The van der Waals surface area contributed by atoms with Crippen molar-refractivity contribution in [2.75, 3.05) is 13.1 Å². The normalized spacial score (nSPS) is 17.0. The Hall–Kier alpha value is -1.04. The first-order valence-corrected chi connectivity index (χ1v) is 6.48. The molecule has 0 bridgehead atoms. The highest BCUT2D eigenvalue weighted by Gasteiger charge is 2.27. The van der Waals surface area contributed by atoms with Crippen molar-refractivity contribution in [3.05, 3.63) is 35.1 Å². The second kappa shape index (κ2) is 5.30. The number of amides is 1. The molecular weight excluding hydrogens is 311 g/mol. The van der Waals surface area contributed by atoms with Crippen LogP contribution < -0.4 is 0 Å². The lowest BCUT2D eigenvalue weighted by Gasteiger charge is -2.29. The number of hydrogen-bond acceptors (Lipinski definition) is 1. The van der Waals surface area contributed by atoms with Crippen molar-refractivity contribution in [2.24, 2.45) is 0 Å². The lowest BCUT2D eigenvalue weighted by molar-refractivity contribution is 0.0718. The van der Waals surface area contributed by atoms with E-state index in [-0.39, 0.29) is 0 Å². The highest BCUT2D eigenvalue weighted by Crippen LogP contribution is 2.22. The van der Waals surface area contributed by atoms with Crippen molar-refractivity contribution < 1.29 is 18.0 Å². The number of rotatable bonds is 1. The van der Waals surface area contributed by atoms with Crippen LogP contribution in [0.5, 0.6) is 0 Å². The molecule has 0 atom stereocenters. The molecule has 1 fully saturated rings. The van der Waals surface area contributed by atoms with Crippen LogP contribution in [-0.4, -0.2) is 28.7 Å². The van der Waals surface area contributed by atoms with E-state index in [1.807, 2.05) is 0 Å². The van der Waals surface area contributed by atoms with E-state index in [9.17, 15) is 18.0 Å². The minimum atomic E-state index is -1.15. The van der Waals surface area contributed by atoms with Crippen LogP contribution in [0, 0.1) is 17.5 Å². The van der Waals surface area contributed by atoms with E-state index < -0.39 is 28.9 Å². The van der Waals surface area contributed by atoms with E-state index in [1.165, 1.54) is 4.90 Å². The van der Waals surface area contributed by atoms with Gasteiger partial charge in [-0.05, 0) is 12.8 Å². The summed E-state index contributed by atoms with van der Waals surface area (Å²) >= 11 is 3.42. The Labute approximate surface area is 111 Å². The molecule has 0 spiro atoms. The number of nitrogens with zero attached hydrogens (tertiary/aromatic N) is 1. The molecule has 2 nitrogen and oxygen atoms in total. The fourth-order valence-electron chi connectivity index (χ4n) is 1.96. The van der Waals surface area contributed by atoms with Crippen LogP contribution >= 0.6 is 15.9 Å². The third kappa shape index (κ3) is 2.68. The Morgan fingerprint density at radius 2 is 1.67 bits per heavy atom. The first-order valence-electron chi connectivity index (χ1n) is 5.57. The van der Waals surface area contributed by atoms with Gasteiger partial charge in [0.25, 0.3) is 5.91 Å². The molecular formula is C12H11BrF3NO. The first kappa shape index (κ1) is 13.4. The predicted octanol–water partition coefficient (Wildman–Crippen LogP) is 3.10. The largest absolute Gasteiger partial charge is 0.338 e. The van der Waals surface area contributed by atoms with Crippen LogP contribution in [0.2, 0.25) is 0 Å². The van der Waals surface area contributed by atoms with Crippen molar-refractivity contribution in [3.63, 3.8) is 0 Å². The molecule has 1 heterocycles. The summed E-state index contributed by atoms with van der Waals surface area (Å²) in [6, 6.07) is 1.04. The van der Waals surface area contributed by atoms with Gasteiger partial charge in [0.15, 0.2) is 0 Å². The minimum Gasteiger partial charge on any atom is -0.338 e. The molecule has 0 aromatic heterocycles. The van der Waals surface area contributed by atoms with Gasteiger partial charge in [-0.2, -0.15) is 0 Å². The number of carbonyl (C=O) groups is 1. The highest BCUT2D eigenvalue weighted by atomic mass is 79.9. The SMILES string of the molecule is O=C(c1c(F)cc(F)cc1F)N1CCC(Br)CC1. The first-order chi connectivity index (χ1) is 8.49. The third-order valence-corrected chi connectivity index (χ3v) is 3.85. The summed E-state index contributed by atoms with van der Waals surface area (Å²) in [5.74, 6) is -4.05. The van der Waals surface area contributed by atoms with Gasteiger partial charge in [-0.15, -0.1) is 0 Å². The van der Waals surface area contributed by atoms with Crippen molar-refractivity contribution in [2.45, 2.75) is 17.7 Å². The van der Waals surface area contributed by atoms with E-state index in [0.717, 1.165) is 12.8 Å². The van der Waals surface area contributed by atoms with Gasteiger partial charge in [0.05, 0.1) is 0 Å². The summed E-state index contributed by atoms with van der Waals surface area (Å²) in [6.45, 7) is 0.871. The number of likely N-dealkylation sites (tertiary alicyclic amines) is 1. The van der Waals surface area contributed by atoms with Crippen molar-refractivity contribution in [1.29, 1.82) is 0 Å². The van der Waals surface area contributed by atoms with E-state index in [4.69, 9.17) is 0 Å². The van der Waals surface area contributed by atoms with Crippen molar-refractivity contribution in [3.8, 4) is 0 Å². The van der Waals surface area contributed by atoms with Gasteiger partial charge >= 0.3 is 0 Å². The Bertz CT molecular complexity index is 449. The standard InChI is InChI=1S/C12H11BrF3NO/c13-7-1-3-17(4-2-7)12(18)11-9(15)5-8(14)6-10(11)16/h5-7H,1-4H2. The summed E-state index contributed by atoms with van der Waals surface area (Å²) in [5, 5.41) is 0. The molecule has 1 aliphatic rings. The van der Waals surface area contributed by atoms with Gasteiger partial charge < -0.3 is 4.90 Å². The number of halogens is 4. The van der Waals surface area contributed by atoms with E-state index in [0.29, 0.717) is 30.0 Å². The second-order valence-electron chi connectivity index (χ2n) is 4.21. The maximum Gasteiger partial charge on any atom is 0.259 e. The van der Waals surface area contributed by atoms with Crippen molar-refractivity contribution in [1.82, 2.24) is 4.90 Å². The van der Waals surface area contributed by atoms with Crippen LogP contribution in [0.25, 0.3) is 0 Å². The number of benzene rings is 1. The molecule has 0 radical (unpaired) electrons. The molecule has 0 N–H and O–H groups in total. The van der Waals surface area contributed by atoms with Crippen LogP contribution in [-0.2, 0) is 0 Å². The summed E-state index contributed by atoms with van der Waals surface area (Å²) in [4.78, 5) is 13.7. The summed E-state index contributed by atoms with van der Waals surface area (Å²) in [7, 11) is 0. The molecule has 2 rings (SSSR count). The quantitative estimate of drug-likeness (QED) is 0.728. The predicted molar refractivity (Wildman–Crippen MR) is 64.2 cm³/mol. The van der Waals surface area contributed by atoms with E-state index in [1.54, 1.807) is 0 Å². The highest BCUT2D eigenvalue weighted by molar-refractivity contribution is 9.09. The number of carbonyl (C=O) groups excluding carboxylic acids is 1. The van der Waals surface area contributed by atoms with Gasteiger partial charge in [-0.3, -0.25) is 4.79 Å². The Kier molecular flexibility index (Phi) is 3.94. The molecule has 0 unspecified atom stereocenters. The molecule has 1 aromatic rings. The zero-order valence-electron chi connectivity index (χ0n) is 9.43. The fraction of sp³-hybridized carbons (Fsp3) is 0.417. The number of hydrogen-bond donors (Lipinski definition) is 0. The summed E-state index contributed by atoms with van der Waals surface area (Å²) in [5.41, 5.74) is -0.676. The molecule has 1 saturated heterocycles. The van der Waals surface area contributed by atoms with Crippen LogP contribution in [0.15, 0.2) is 12.1 Å². The monoisotopic (exact) mass is 321 g/mol. The fourth-order valence-corrected chi connectivity index (χ4v) is 2.37. The molecule has 0 saturated carbocycles. The Morgan fingerprint density at radius 1 is 1.17 bits per heavy atom. The minimum absolute atomic E-state index is 0.324. The third-order valence-electron chi connectivity index (χ3n) is 2.93.